The predicted molar refractivity (Wildman–Crippen MR) is 141 cm³/mol. The van der Waals surface area contributed by atoms with Crippen LogP contribution in [0.25, 0.3) is 0 Å². The van der Waals surface area contributed by atoms with Gasteiger partial charge < -0.3 is 10.1 Å². The lowest BCUT2D eigenvalue weighted by Crippen LogP contribution is -2.47. The Hall–Kier alpha value is -3.25. The van der Waals surface area contributed by atoms with Crippen molar-refractivity contribution in [2.45, 2.75) is 35.7 Å². The Morgan fingerprint density at radius 1 is 0.892 bits per heavy atom. The number of amides is 1. The average Bonchev–Trinajstić information content (AvgIpc) is 2.87. The van der Waals surface area contributed by atoms with Crippen LogP contribution in [0.1, 0.15) is 16.7 Å². The van der Waals surface area contributed by atoms with Gasteiger partial charge in [0.1, 0.15) is 11.8 Å². The number of hydrogen-bond acceptors (Lipinski definition) is 6. The van der Waals surface area contributed by atoms with Crippen molar-refractivity contribution in [2.75, 3.05) is 21.2 Å². The molecule has 0 aliphatic carbocycles. The van der Waals surface area contributed by atoms with Crippen molar-refractivity contribution in [1.82, 2.24) is 14.3 Å². The summed E-state index contributed by atoms with van der Waals surface area (Å²) in [5.41, 5.74) is 2.10. The SMILES string of the molecule is COc1ccc(S(=O)(=O)N[C@@H](Cc2ccccc2)C(=O)NCc2ccc(S(=O)(=O)N(C)C)cc2)cc1C. The smallest absolute Gasteiger partial charge is 0.242 e. The average molecular weight is 546 g/mol. The van der Waals surface area contributed by atoms with E-state index in [1.54, 1.807) is 25.1 Å². The van der Waals surface area contributed by atoms with Crippen LogP contribution in [0.15, 0.2) is 82.6 Å². The van der Waals surface area contributed by atoms with Gasteiger partial charge in [-0.2, -0.15) is 4.72 Å². The van der Waals surface area contributed by atoms with Gasteiger partial charge in [-0.25, -0.2) is 21.1 Å². The number of nitrogens with zero attached hydrogens (tertiary/aromatic N) is 1. The molecule has 11 heteroatoms. The predicted octanol–water partition coefficient (Wildman–Crippen LogP) is 2.46. The molecule has 1 atom stereocenters. The molecule has 0 aliphatic rings. The molecule has 37 heavy (non-hydrogen) atoms. The summed E-state index contributed by atoms with van der Waals surface area (Å²) in [6.07, 6.45) is 0.140. The third-order valence-electron chi connectivity index (χ3n) is 5.74. The number of hydrogen-bond donors (Lipinski definition) is 2. The van der Waals surface area contributed by atoms with Crippen LogP contribution in [-0.2, 0) is 37.8 Å². The molecule has 2 N–H and O–H groups in total. The molecule has 0 saturated carbocycles. The second-order valence-corrected chi connectivity index (χ2v) is 12.5. The van der Waals surface area contributed by atoms with Crippen molar-refractivity contribution >= 4 is 26.0 Å². The Morgan fingerprint density at radius 3 is 2.08 bits per heavy atom. The quantitative estimate of drug-likeness (QED) is 0.382. The van der Waals surface area contributed by atoms with Crippen LogP contribution in [0.3, 0.4) is 0 Å². The largest absolute Gasteiger partial charge is 0.496 e. The molecular weight excluding hydrogens is 514 g/mol. The zero-order chi connectivity index (χ0) is 27.2. The molecule has 0 unspecified atom stereocenters. The first-order valence-corrected chi connectivity index (χ1v) is 14.4. The Morgan fingerprint density at radius 2 is 1.51 bits per heavy atom. The fraction of sp³-hybridized carbons (Fsp3) is 0.269. The van der Waals surface area contributed by atoms with Crippen LogP contribution < -0.4 is 14.8 Å². The number of rotatable bonds is 11. The van der Waals surface area contributed by atoms with Crippen molar-refractivity contribution < 1.29 is 26.4 Å². The third kappa shape index (κ3) is 7.16. The molecule has 0 bridgehead atoms. The zero-order valence-corrected chi connectivity index (χ0v) is 22.8. The lowest BCUT2D eigenvalue weighted by atomic mass is 10.1. The van der Waals surface area contributed by atoms with Gasteiger partial charge in [-0.1, -0.05) is 42.5 Å². The Labute approximate surface area is 218 Å². The molecule has 3 aromatic carbocycles. The van der Waals surface area contributed by atoms with Crippen molar-refractivity contribution in [3.63, 3.8) is 0 Å². The third-order valence-corrected chi connectivity index (χ3v) is 9.04. The number of benzene rings is 3. The summed E-state index contributed by atoms with van der Waals surface area (Å²) in [5, 5.41) is 2.76. The first-order chi connectivity index (χ1) is 17.4. The van der Waals surface area contributed by atoms with Crippen LogP contribution in [0, 0.1) is 6.92 Å². The highest BCUT2D eigenvalue weighted by Crippen LogP contribution is 2.22. The fourth-order valence-corrected chi connectivity index (χ4v) is 5.80. The number of ether oxygens (including phenoxy) is 1. The van der Waals surface area contributed by atoms with E-state index in [9.17, 15) is 21.6 Å². The van der Waals surface area contributed by atoms with Gasteiger partial charge in [-0.3, -0.25) is 4.79 Å². The van der Waals surface area contributed by atoms with Gasteiger partial charge in [0.25, 0.3) is 0 Å². The highest BCUT2D eigenvalue weighted by atomic mass is 32.2. The Kier molecular flexibility index (Phi) is 9.08. The van der Waals surface area contributed by atoms with Crippen molar-refractivity contribution in [3.05, 3.63) is 89.5 Å². The van der Waals surface area contributed by atoms with Crippen LogP contribution >= 0.6 is 0 Å². The highest BCUT2D eigenvalue weighted by Gasteiger charge is 2.26. The first kappa shape index (κ1) is 28.3. The minimum Gasteiger partial charge on any atom is -0.496 e. The Balaban J connectivity index is 1.79. The molecule has 0 aliphatic heterocycles. The molecule has 1 amide bonds. The van der Waals surface area contributed by atoms with Crippen LogP contribution in [0.4, 0.5) is 0 Å². The molecular formula is C26H31N3O6S2. The molecule has 0 spiro atoms. The van der Waals surface area contributed by atoms with Gasteiger partial charge in [0.15, 0.2) is 0 Å². The summed E-state index contributed by atoms with van der Waals surface area (Å²) < 4.78 is 59.7. The monoisotopic (exact) mass is 545 g/mol. The number of carbonyl (C=O) groups excluding carboxylic acids is 1. The molecule has 3 aromatic rings. The molecule has 0 saturated heterocycles. The second kappa shape index (κ2) is 11.9. The normalized spacial score (nSPS) is 12.8. The topological polar surface area (TPSA) is 122 Å². The lowest BCUT2D eigenvalue weighted by Gasteiger charge is -2.19. The van der Waals surface area contributed by atoms with Gasteiger partial charge in [0, 0.05) is 20.6 Å². The van der Waals surface area contributed by atoms with E-state index in [-0.39, 0.29) is 22.8 Å². The van der Waals surface area contributed by atoms with E-state index in [0.29, 0.717) is 16.9 Å². The summed E-state index contributed by atoms with van der Waals surface area (Å²) >= 11 is 0. The van der Waals surface area contributed by atoms with Gasteiger partial charge in [0.2, 0.25) is 26.0 Å². The van der Waals surface area contributed by atoms with Crippen LogP contribution in [-0.4, -0.2) is 54.3 Å². The first-order valence-electron chi connectivity index (χ1n) is 11.4. The van der Waals surface area contributed by atoms with E-state index >= 15 is 0 Å². The molecule has 0 fully saturated rings. The molecule has 198 valence electrons. The highest BCUT2D eigenvalue weighted by molar-refractivity contribution is 7.89. The van der Waals surface area contributed by atoms with Crippen LogP contribution in [0.2, 0.25) is 0 Å². The van der Waals surface area contributed by atoms with Crippen LogP contribution in [0.5, 0.6) is 5.75 Å². The molecule has 0 radical (unpaired) electrons. The van der Waals surface area contributed by atoms with E-state index in [1.165, 1.54) is 45.5 Å². The van der Waals surface area contributed by atoms with Gasteiger partial charge in [0.05, 0.1) is 16.9 Å². The fourth-order valence-electron chi connectivity index (χ4n) is 3.61. The van der Waals surface area contributed by atoms with E-state index < -0.39 is 32.0 Å². The maximum Gasteiger partial charge on any atom is 0.242 e. The summed E-state index contributed by atoms with van der Waals surface area (Å²) in [6.45, 7) is 1.83. The van der Waals surface area contributed by atoms with Gasteiger partial charge in [-0.05, 0) is 60.4 Å². The summed E-state index contributed by atoms with van der Waals surface area (Å²) in [6, 6.07) is 18.6. The zero-order valence-electron chi connectivity index (χ0n) is 21.1. The summed E-state index contributed by atoms with van der Waals surface area (Å²) in [4.78, 5) is 13.3. The van der Waals surface area contributed by atoms with Gasteiger partial charge in [-0.15, -0.1) is 0 Å². The van der Waals surface area contributed by atoms with Crippen molar-refractivity contribution in [2.24, 2.45) is 0 Å². The van der Waals surface area contributed by atoms with E-state index in [0.717, 1.165) is 9.87 Å². The maximum atomic E-state index is 13.2. The van der Waals surface area contributed by atoms with Crippen molar-refractivity contribution in [3.8, 4) is 5.75 Å². The van der Waals surface area contributed by atoms with E-state index in [1.807, 2.05) is 30.3 Å². The number of aryl methyl sites for hydroxylation is 1. The number of methoxy groups -OCH3 is 1. The van der Waals surface area contributed by atoms with E-state index in [4.69, 9.17) is 4.74 Å². The molecule has 3 rings (SSSR count). The molecule has 0 aromatic heterocycles. The Bertz CT molecular complexity index is 1440. The second-order valence-electron chi connectivity index (χ2n) is 8.64. The number of sulfonamides is 2. The summed E-state index contributed by atoms with van der Waals surface area (Å²) in [5.74, 6) is 0.0459. The van der Waals surface area contributed by atoms with Gasteiger partial charge >= 0.3 is 0 Å². The minimum atomic E-state index is -4.02. The molecule has 0 heterocycles. The molecule has 9 nitrogen and oxygen atoms in total. The maximum absolute atomic E-state index is 13.2. The minimum absolute atomic E-state index is 0.0225. The van der Waals surface area contributed by atoms with Crippen molar-refractivity contribution in [1.29, 1.82) is 0 Å². The standard InChI is InChI=1S/C26H31N3O6S2/c1-19-16-23(14-15-25(19)35-4)36(31,32)28-24(17-20-8-6-5-7-9-20)26(30)27-18-21-10-12-22(13-11-21)37(33,34)29(2)3/h5-16,24,28H,17-18H2,1-4H3,(H,27,30)/t24-/m0/s1. The summed E-state index contributed by atoms with van der Waals surface area (Å²) in [7, 11) is -3.19. The number of carbonyl (C=O) groups is 1. The van der Waals surface area contributed by atoms with E-state index in [2.05, 4.69) is 10.0 Å². The lowest BCUT2D eigenvalue weighted by molar-refractivity contribution is -0.122. The number of nitrogens with one attached hydrogen (secondary N) is 2.